The molecule has 0 aliphatic carbocycles. The van der Waals surface area contributed by atoms with Gasteiger partial charge in [-0.15, -0.1) is 11.8 Å². The van der Waals surface area contributed by atoms with Gasteiger partial charge in [-0.25, -0.2) is 27.5 Å². The van der Waals surface area contributed by atoms with Crippen LogP contribution < -0.4 is 20.3 Å². The Kier molecular flexibility index (Phi) is 13.1. The molecule has 4 heterocycles. The number of thiazole rings is 1. The van der Waals surface area contributed by atoms with E-state index in [0.29, 0.717) is 65.1 Å². The van der Waals surface area contributed by atoms with Crippen molar-refractivity contribution in [3.05, 3.63) is 141 Å². The third-order valence-corrected chi connectivity index (χ3v) is 14.0. The predicted octanol–water partition coefficient (Wildman–Crippen LogP) is 6.97. The number of benzene rings is 4. The Morgan fingerprint density at radius 1 is 0.935 bits per heavy atom. The normalized spacial score (nSPS) is 14.8. The van der Waals surface area contributed by atoms with Crippen molar-refractivity contribution < 1.29 is 32.1 Å². The Hall–Kier alpha value is -5.99. The van der Waals surface area contributed by atoms with Crippen LogP contribution in [0.25, 0.3) is 10.2 Å². The van der Waals surface area contributed by atoms with Gasteiger partial charge < -0.3 is 15.0 Å². The minimum Gasteiger partial charge on any atom is -0.379 e. The topological polar surface area (TPSA) is 189 Å². The number of ether oxygens (including phenoxy) is 1. The van der Waals surface area contributed by atoms with E-state index in [1.807, 2.05) is 46.0 Å². The number of anilines is 3. The Morgan fingerprint density at radius 3 is 2.55 bits per heavy atom. The van der Waals surface area contributed by atoms with Gasteiger partial charge in [0.2, 0.25) is 0 Å². The number of carbonyl (C=O) groups is 2. The second-order valence-electron chi connectivity index (χ2n) is 14.7. The van der Waals surface area contributed by atoms with Crippen molar-refractivity contribution >= 4 is 77.5 Å². The van der Waals surface area contributed by atoms with Crippen LogP contribution in [0.2, 0.25) is 0 Å². The Balaban J connectivity index is 0.949. The summed E-state index contributed by atoms with van der Waals surface area (Å²) in [5.74, 6) is -0.825. The van der Waals surface area contributed by atoms with E-state index in [-0.39, 0.29) is 29.9 Å². The molecule has 4 aromatic carbocycles. The number of amides is 2. The van der Waals surface area contributed by atoms with E-state index in [4.69, 9.17) is 4.74 Å². The Bertz CT molecular complexity index is 2740. The van der Waals surface area contributed by atoms with Gasteiger partial charge in [-0.1, -0.05) is 47.7 Å². The molecule has 1 atom stereocenters. The van der Waals surface area contributed by atoms with Crippen LogP contribution in [0.4, 0.5) is 26.7 Å². The fourth-order valence-corrected chi connectivity index (χ4v) is 10.2. The van der Waals surface area contributed by atoms with Crippen molar-refractivity contribution in [1.82, 2.24) is 19.6 Å². The van der Waals surface area contributed by atoms with Crippen LogP contribution in [0, 0.1) is 15.9 Å². The van der Waals surface area contributed by atoms with Crippen LogP contribution in [-0.4, -0.2) is 91.2 Å². The van der Waals surface area contributed by atoms with E-state index >= 15 is 0 Å². The first kappa shape index (κ1) is 42.7. The summed E-state index contributed by atoms with van der Waals surface area (Å²) < 4.78 is 49.0. The summed E-state index contributed by atoms with van der Waals surface area (Å²) >= 11 is 2.78. The average Bonchev–Trinajstić information content (AvgIpc) is 3.68. The third-order valence-electron chi connectivity index (χ3n) is 10.5. The molecule has 62 heavy (non-hydrogen) atoms. The second-order valence-corrected chi connectivity index (χ2v) is 18.5. The summed E-state index contributed by atoms with van der Waals surface area (Å²) in [4.78, 5) is 52.4. The van der Waals surface area contributed by atoms with Gasteiger partial charge in [0, 0.05) is 61.0 Å². The van der Waals surface area contributed by atoms with Crippen LogP contribution in [0.3, 0.4) is 0 Å². The number of fused-ring (bicyclic) bond motifs is 2. The summed E-state index contributed by atoms with van der Waals surface area (Å²) in [6.07, 6.45) is 1.24. The van der Waals surface area contributed by atoms with E-state index in [2.05, 4.69) is 25.5 Å². The van der Waals surface area contributed by atoms with Crippen LogP contribution in [-0.2, 0) is 27.7 Å². The minimum absolute atomic E-state index is 0.160. The van der Waals surface area contributed by atoms with E-state index in [9.17, 15) is 32.5 Å². The second kappa shape index (κ2) is 19.0. The molecule has 1 fully saturated rings. The smallest absolute Gasteiger partial charge is 0.293 e. The number of nitro groups is 1. The van der Waals surface area contributed by atoms with Crippen molar-refractivity contribution in [2.75, 3.05) is 60.7 Å². The number of carbonyl (C=O) groups excluding carboxylic acids is 2. The number of nitrogens with one attached hydrogen (secondary N) is 3. The highest BCUT2D eigenvalue weighted by Gasteiger charge is 2.28. The number of pyridine rings is 1. The maximum absolute atomic E-state index is 13.8. The Labute approximate surface area is 364 Å². The average molecular weight is 897 g/mol. The number of aromatic nitrogens is 2. The quantitative estimate of drug-likeness (QED) is 0.0545. The largest absolute Gasteiger partial charge is 0.379 e. The van der Waals surface area contributed by atoms with Crippen LogP contribution in [0.1, 0.15) is 38.4 Å². The molecule has 0 saturated carbocycles. The number of sulfonamides is 1. The van der Waals surface area contributed by atoms with Crippen LogP contribution >= 0.6 is 23.1 Å². The summed E-state index contributed by atoms with van der Waals surface area (Å²) in [5.41, 5.74) is 2.22. The summed E-state index contributed by atoms with van der Waals surface area (Å²) in [6.45, 7) is 4.40. The molecule has 320 valence electrons. The van der Waals surface area contributed by atoms with Crippen molar-refractivity contribution in [2.24, 2.45) is 0 Å². The number of thioether (sulfide) groups is 1. The van der Waals surface area contributed by atoms with Crippen molar-refractivity contribution in [3.63, 3.8) is 0 Å². The molecule has 2 aromatic heterocycles. The molecule has 2 aliphatic heterocycles. The number of hydrogen-bond acceptors (Lipinski definition) is 14. The number of morpholine rings is 1. The van der Waals surface area contributed by atoms with Crippen LogP contribution in [0.5, 0.6) is 0 Å². The lowest BCUT2D eigenvalue weighted by atomic mass is 9.94. The van der Waals surface area contributed by atoms with Crippen LogP contribution in [0.15, 0.2) is 113 Å². The first-order chi connectivity index (χ1) is 30.0. The van der Waals surface area contributed by atoms with E-state index in [1.54, 1.807) is 42.1 Å². The van der Waals surface area contributed by atoms with E-state index in [0.717, 1.165) is 53.1 Å². The van der Waals surface area contributed by atoms with Gasteiger partial charge in [0.25, 0.3) is 27.5 Å². The number of halogens is 1. The SMILES string of the molecule is O=C(NS(=O)(=O)c1ccc(N[C@H](CCN2CCOCC2)CSc2ccccc2)c([N+](=O)[O-])c1)c1cccc(N2CCc3cccc(C(=O)Nc4nc5ccc(F)cc5s4)c3C2)n1. The van der Waals surface area contributed by atoms with Crippen molar-refractivity contribution in [1.29, 1.82) is 0 Å². The van der Waals surface area contributed by atoms with Gasteiger partial charge in [-0.05, 0) is 84.6 Å². The summed E-state index contributed by atoms with van der Waals surface area (Å²) in [7, 11) is -4.58. The minimum atomic E-state index is -4.58. The zero-order chi connectivity index (χ0) is 43.2. The molecular weight excluding hydrogens is 856 g/mol. The zero-order valence-corrected chi connectivity index (χ0v) is 35.6. The summed E-state index contributed by atoms with van der Waals surface area (Å²) in [5, 5.41) is 18.8. The molecule has 1 saturated heterocycles. The number of rotatable bonds is 15. The maximum atomic E-state index is 13.8. The standard InChI is InChI=1S/C43H41FN8O7S3/c44-29-12-14-36-39(24-29)61-43(47-36)48-41(53)33-9-4-6-28-16-19-51(26-34(28)33)40-11-5-10-37(46-40)42(54)49-62(57,58)32-13-15-35(38(25-32)52(55)56)45-30(17-18-50-20-22-59-23-21-50)27-60-31-7-2-1-3-8-31/h1-15,24-25,30,45H,16-23,26-27H2,(H,49,54)(H,47,48,53)/t30-/m1/s1. The highest BCUT2D eigenvalue weighted by molar-refractivity contribution is 7.99. The lowest BCUT2D eigenvalue weighted by Gasteiger charge is -2.31. The fraction of sp³-hybridized carbons (Fsp3) is 0.256. The van der Waals surface area contributed by atoms with Gasteiger partial charge in [0.15, 0.2) is 5.13 Å². The lowest BCUT2D eigenvalue weighted by Crippen LogP contribution is -2.39. The van der Waals surface area contributed by atoms with Gasteiger partial charge >= 0.3 is 0 Å². The highest BCUT2D eigenvalue weighted by atomic mass is 32.2. The summed E-state index contributed by atoms with van der Waals surface area (Å²) in [6, 6.07) is 27.4. The van der Waals surface area contributed by atoms with Gasteiger partial charge in [0.1, 0.15) is 23.0 Å². The molecular formula is C43H41FN8O7S3. The van der Waals surface area contributed by atoms with Crippen molar-refractivity contribution in [2.45, 2.75) is 35.2 Å². The highest BCUT2D eigenvalue weighted by Crippen LogP contribution is 2.32. The fourth-order valence-electron chi connectivity index (χ4n) is 7.31. The first-order valence-corrected chi connectivity index (χ1v) is 23.1. The molecule has 0 bridgehead atoms. The molecule has 2 amide bonds. The van der Waals surface area contributed by atoms with Crippen molar-refractivity contribution in [3.8, 4) is 0 Å². The first-order valence-electron chi connectivity index (χ1n) is 19.8. The number of hydrogen-bond donors (Lipinski definition) is 3. The van der Waals surface area contributed by atoms with Gasteiger partial charge in [0.05, 0.1) is 33.2 Å². The molecule has 2 aliphatic rings. The molecule has 6 aromatic rings. The molecule has 19 heteroatoms. The molecule has 0 radical (unpaired) electrons. The molecule has 8 rings (SSSR count). The number of nitrogens with zero attached hydrogens (tertiary/aromatic N) is 5. The van der Waals surface area contributed by atoms with Gasteiger partial charge in [-0.3, -0.25) is 29.9 Å². The maximum Gasteiger partial charge on any atom is 0.293 e. The molecule has 0 spiro atoms. The molecule has 3 N–H and O–H groups in total. The third kappa shape index (κ3) is 10.2. The molecule has 15 nitrogen and oxygen atoms in total. The number of nitro benzene ring substituents is 1. The van der Waals surface area contributed by atoms with E-state index in [1.165, 1.54) is 30.3 Å². The van der Waals surface area contributed by atoms with E-state index < -0.39 is 37.3 Å². The zero-order valence-electron chi connectivity index (χ0n) is 33.2. The van der Waals surface area contributed by atoms with Gasteiger partial charge in [-0.2, -0.15) is 0 Å². The Morgan fingerprint density at radius 2 is 1.74 bits per heavy atom. The monoisotopic (exact) mass is 896 g/mol. The molecule has 0 unspecified atom stereocenters. The lowest BCUT2D eigenvalue weighted by molar-refractivity contribution is -0.384. The predicted molar refractivity (Wildman–Crippen MR) is 237 cm³/mol.